The van der Waals surface area contributed by atoms with Crippen molar-refractivity contribution in [2.45, 2.75) is 32.6 Å². The highest BCUT2D eigenvalue weighted by atomic mass is 32.2. The molecule has 0 unspecified atom stereocenters. The monoisotopic (exact) mass is 417 g/mol. The number of unbranched alkanes of at least 4 members (excludes halogenated alkanes) is 3. The standard InChI is InChI=1S/C22H31N3O3S/c1-3-4-5-6-15-28-19-9-7-18(8-10-19)16-20-21(26)25(22(27)29-20)17-24-13-11-23(2)12-14-24/h7-10,16H,3-6,11-15,17H2,1-2H3/b20-16+. The second-order valence-electron chi connectivity index (χ2n) is 7.65. The van der Waals surface area contributed by atoms with Crippen molar-refractivity contribution < 1.29 is 14.3 Å². The molecule has 0 bridgehead atoms. The van der Waals surface area contributed by atoms with Gasteiger partial charge in [0.25, 0.3) is 11.1 Å². The fourth-order valence-electron chi connectivity index (χ4n) is 3.34. The van der Waals surface area contributed by atoms with Gasteiger partial charge in [-0.2, -0.15) is 0 Å². The van der Waals surface area contributed by atoms with Gasteiger partial charge in [-0.15, -0.1) is 0 Å². The Morgan fingerprint density at radius 2 is 1.76 bits per heavy atom. The number of likely N-dealkylation sites (N-methyl/N-ethyl adjacent to an activating group) is 1. The average molecular weight is 418 g/mol. The summed E-state index contributed by atoms with van der Waals surface area (Å²) in [5.74, 6) is 0.636. The fraction of sp³-hybridized carbons (Fsp3) is 0.545. The van der Waals surface area contributed by atoms with E-state index in [9.17, 15) is 9.59 Å². The molecule has 2 saturated heterocycles. The summed E-state index contributed by atoms with van der Waals surface area (Å²) in [6, 6.07) is 7.69. The van der Waals surface area contributed by atoms with E-state index in [4.69, 9.17) is 4.74 Å². The molecule has 2 aliphatic heterocycles. The molecule has 0 N–H and O–H groups in total. The van der Waals surface area contributed by atoms with Crippen LogP contribution in [0.1, 0.15) is 38.2 Å². The fourth-order valence-corrected chi connectivity index (χ4v) is 4.17. The number of thioether (sulfide) groups is 1. The lowest BCUT2D eigenvalue weighted by molar-refractivity contribution is -0.124. The van der Waals surface area contributed by atoms with Crippen molar-refractivity contribution in [3.05, 3.63) is 34.7 Å². The number of imide groups is 1. The number of nitrogens with zero attached hydrogens (tertiary/aromatic N) is 3. The van der Waals surface area contributed by atoms with E-state index in [1.807, 2.05) is 24.3 Å². The van der Waals surface area contributed by atoms with Gasteiger partial charge in [0, 0.05) is 26.2 Å². The van der Waals surface area contributed by atoms with Gasteiger partial charge in [-0.05, 0) is 49.0 Å². The third-order valence-corrected chi connectivity index (χ3v) is 6.16. The first-order valence-corrected chi connectivity index (χ1v) is 11.3. The number of carbonyl (C=O) groups excluding carboxylic acids is 2. The van der Waals surface area contributed by atoms with Crippen LogP contribution in [0.2, 0.25) is 0 Å². The summed E-state index contributed by atoms with van der Waals surface area (Å²) in [6.07, 6.45) is 6.51. The van der Waals surface area contributed by atoms with Gasteiger partial charge in [0.05, 0.1) is 18.2 Å². The Balaban J connectivity index is 1.53. The molecule has 0 spiro atoms. The quantitative estimate of drug-likeness (QED) is 0.449. The molecule has 2 heterocycles. The van der Waals surface area contributed by atoms with Crippen LogP contribution in [-0.4, -0.2) is 72.3 Å². The number of ether oxygens (including phenoxy) is 1. The molecule has 7 heteroatoms. The average Bonchev–Trinajstić information content (AvgIpc) is 2.98. The maximum Gasteiger partial charge on any atom is 0.294 e. The van der Waals surface area contributed by atoms with Crippen molar-refractivity contribution >= 4 is 29.0 Å². The SMILES string of the molecule is CCCCCCOc1ccc(/C=C2/SC(=O)N(CN3CCN(C)CC3)C2=O)cc1. The van der Waals surface area contributed by atoms with Crippen LogP contribution in [0.5, 0.6) is 5.75 Å². The molecule has 1 aromatic carbocycles. The molecule has 3 rings (SSSR count). The highest BCUT2D eigenvalue weighted by molar-refractivity contribution is 8.18. The molecule has 0 aromatic heterocycles. The number of piperazine rings is 1. The van der Waals surface area contributed by atoms with Crippen LogP contribution in [0, 0.1) is 0 Å². The lowest BCUT2D eigenvalue weighted by Gasteiger charge is -2.33. The van der Waals surface area contributed by atoms with Gasteiger partial charge in [0.2, 0.25) is 0 Å². The zero-order valence-corrected chi connectivity index (χ0v) is 18.2. The maximum atomic E-state index is 12.7. The highest BCUT2D eigenvalue weighted by Gasteiger charge is 2.36. The first kappa shape index (κ1) is 21.9. The predicted molar refractivity (Wildman–Crippen MR) is 118 cm³/mol. The second kappa shape index (κ2) is 10.8. The Hall–Kier alpha value is -1.83. The molecular formula is C22H31N3O3S. The number of carbonyl (C=O) groups is 2. The van der Waals surface area contributed by atoms with E-state index in [2.05, 4.69) is 23.8 Å². The summed E-state index contributed by atoms with van der Waals surface area (Å²) in [5, 5.41) is -0.188. The van der Waals surface area contributed by atoms with Crippen LogP contribution in [0.4, 0.5) is 4.79 Å². The van der Waals surface area contributed by atoms with E-state index in [0.29, 0.717) is 11.6 Å². The van der Waals surface area contributed by atoms with Crippen LogP contribution in [0.15, 0.2) is 29.2 Å². The number of benzene rings is 1. The van der Waals surface area contributed by atoms with Crippen LogP contribution in [-0.2, 0) is 4.79 Å². The van der Waals surface area contributed by atoms with E-state index in [1.165, 1.54) is 24.2 Å². The van der Waals surface area contributed by atoms with Gasteiger partial charge >= 0.3 is 0 Å². The molecule has 0 atom stereocenters. The highest BCUT2D eigenvalue weighted by Crippen LogP contribution is 2.32. The summed E-state index contributed by atoms with van der Waals surface area (Å²) in [6.45, 7) is 6.96. The van der Waals surface area contributed by atoms with Crippen LogP contribution < -0.4 is 4.74 Å². The Labute approximate surface area is 177 Å². The third-order valence-electron chi connectivity index (χ3n) is 5.26. The normalized spacial score (nSPS) is 20.1. The zero-order valence-electron chi connectivity index (χ0n) is 17.4. The first-order chi connectivity index (χ1) is 14.1. The van der Waals surface area contributed by atoms with Crippen molar-refractivity contribution in [3.8, 4) is 5.75 Å². The lowest BCUT2D eigenvalue weighted by atomic mass is 10.2. The number of hydrogen-bond donors (Lipinski definition) is 0. The molecule has 0 aliphatic carbocycles. The molecule has 2 fully saturated rings. The van der Waals surface area contributed by atoms with Crippen molar-refractivity contribution in [1.29, 1.82) is 0 Å². The summed E-state index contributed by atoms with van der Waals surface area (Å²) in [5.41, 5.74) is 0.897. The second-order valence-corrected chi connectivity index (χ2v) is 8.64. The maximum absolute atomic E-state index is 12.7. The van der Waals surface area contributed by atoms with E-state index in [1.54, 1.807) is 6.08 Å². The van der Waals surface area contributed by atoms with Gasteiger partial charge in [-0.25, -0.2) is 0 Å². The van der Waals surface area contributed by atoms with Crippen molar-refractivity contribution in [1.82, 2.24) is 14.7 Å². The Morgan fingerprint density at radius 3 is 2.45 bits per heavy atom. The van der Waals surface area contributed by atoms with Crippen molar-refractivity contribution in [2.75, 3.05) is 46.5 Å². The van der Waals surface area contributed by atoms with Crippen molar-refractivity contribution in [3.63, 3.8) is 0 Å². The number of hydrogen-bond acceptors (Lipinski definition) is 6. The smallest absolute Gasteiger partial charge is 0.294 e. The summed E-state index contributed by atoms with van der Waals surface area (Å²) in [7, 11) is 2.09. The molecule has 158 valence electrons. The number of amides is 2. The van der Waals surface area contributed by atoms with Gasteiger partial charge < -0.3 is 9.64 Å². The van der Waals surface area contributed by atoms with Crippen LogP contribution in [0.25, 0.3) is 6.08 Å². The molecule has 29 heavy (non-hydrogen) atoms. The summed E-state index contributed by atoms with van der Waals surface area (Å²) in [4.78, 5) is 31.3. The topological polar surface area (TPSA) is 53.1 Å². The molecule has 1 aromatic rings. The van der Waals surface area contributed by atoms with E-state index < -0.39 is 0 Å². The van der Waals surface area contributed by atoms with Crippen molar-refractivity contribution in [2.24, 2.45) is 0 Å². The van der Waals surface area contributed by atoms with Gasteiger partial charge in [0.15, 0.2) is 0 Å². The molecule has 0 radical (unpaired) electrons. The summed E-state index contributed by atoms with van der Waals surface area (Å²) >= 11 is 1.02. The minimum Gasteiger partial charge on any atom is -0.494 e. The Morgan fingerprint density at radius 1 is 1.03 bits per heavy atom. The predicted octanol–water partition coefficient (Wildman–Crippen LogP) is 3.89. The van der Waals surface area contributed by atoms with Gasteiger partial charge in [-0.1, -0.05) is 38.3 Å². The summed E-state index contributed by atoms with van der Waals surface area (Å²) < 4.78 is 5.76. The molecule has 6 nitrogen and oxygen atoms in total. The zero-order chi connectivity index (χ0) is 20.6. The largest absolute Gasteiger partial charge is 0.494 e. The minimum absolute atomic E-state index is 0.188. The third kappa shape index (κ3) is 6.32. The van der Waals surface area contributed by atoms with E-state index >= 15 is 0 Å². The molecule has 0 saturated carbocycles. The van der Waals surface area contributed by atoms with Crippen LogP contribution in [0.3, 0.4) is 0 Å². The number of rotatable bonds is 9. The van der Waals surface area contributed by atoms with Crippen LogP contribution >= 0.6 is 11.8 Å². The van der Waals surface area contributed by atoms with Gasteiger partial charge in [-0.3, -0.25) is 19.4 Å². The van der Waals surface area contributed by atoms with Gasteiger partial charge in [0.1, 0.15) is 5.75 Å². The molecule has 2 amide bonds. The lowest BCUT2D eigenvalue weighted by Crippen LogP contribution is -2.49. The molecular weight excluding hydrogens is 386 g/mol. The molecule has 2 aliphatic rings. The Bertz CT molecular complexity index is 727. The first-order valence-electron chi connectivity index (χ1n) is 10.5. The van der Waals surface area contributed by atoms with E-state index in [0.717, 1.165) is 62.3 Å². The Kier molecular flexibility index (Phi) is 8.15. The van der Waals surface area contributed by atoms with E-state index in [-0.39, 0.29) is 11.1 Å². The minimum atomic E-state index is -0.199.